The summed E-state index contributed by atoms with van der Waals surface area (Å²) in [5, 5.41) is 13.3. The molecule has 1 aromatic carbocycles. The van der Waals surface area contributed by atoms with Gasteiger partial charge in [-0.3, -0.25) is 14.9 Å². The summed E-state index contributed by atoms with van der Waals surface area (Å²) in [5.74, 6) is -0.116. The molecule has 1 N–H and O–H groups in total. The first-order valence-corrected chi connectivity index (χ1v) is 5.28. The van der Waals surface area contributed by atoms with Gasteiger partial charge in [-0.05, 0) is 18.6 Å². The van der Waals surface area contributed by atoms with E-state index in [1.54, 1.807) is 13.0 Å². The number of hydrogen-bond acceptors (Lipinski definition) is 3. The van der Waals surface area contributed by atoms with E-state index in [1.165, 1.54) is 12.1 Å². The van der Waals surface area contributed by atoms with E-state index < -0.39 is 10.3 Å². The van der Waals surface area contributed by atoms with Gasteiger partial charge in [0.25, 0.3) is 5.69 Å². The number of hydrogen-bond donors (Lipinski definition) is 1. The van der Waals surface area contributed by atoms with Crippen LogP contribution in [0.3, 0.4) is 0 Å². The lowest BCUT2D eigenvalue weighted by molar-refractivity contribution is -0.384. The van der Waals surface area contributed by atoms with Gasteiger partial charge < -0.3 is 5.32 Å². The smallest absolute Gasteiger partial charge is 0.269 e. The second-order valence-electron chi connectivity index (χ2n) is 4.96. The largest absolute Gasteiger partial charge is 0.325 e. The number of nitrogens with one attached hydrogen (secondary N) is 1. The maximum Gasteiger partial charge on any atom is 0.269 e. The monoisotopic (exact) mass is 236 g/mol. The number of benzene rings is 1. The molecule has 0 radical (unpaired) electrons. The van der Waals surface area contributed by atoms with E-state index >= 15 is 0 Å². The van der Waals surface area contributed by atoms with Crippen LogP contribution in [0.1, 0.15) is 26.3 Å². The Morgan fingerprint density at radius 1 is 1.35 bits per heavy atom. The van der Waals surface area contributed by atoms with Crippen molar-refractivity contribution in [3.8, 4) is 0 Å². The number of nitro groups is 1. The standard InChI is InChI=1S/C12H16N2O3/c1-8-7-9(14(16)17)5-6-10(8)13-11(15)12(2,3)4/h5-7H,1-4H3,(H,13,15). The fourth-order valence-electron chi connectivity index (χ4n) is 1.21. The van der Waals surface area contributed by atoms with E-state index in [4.69, 9.17) is 0 Å². The van der Waals surface area contributed by atoms with Crippen molar-refractivity contribution in [2.24, 2.45) is 5.41 Å². The minimum absolute atomic E-state index is 0.0243. The van der Waals surface area contributed by atoms with Crippen molar-refractivity contribution in [2.75, 3.05) is 5.32 Å². The summed E-state index contributed by atoms with van der Waals surface area (Å²) in [4.78, 5) is 21.9. The number of carbonyl (C=O) groups is 1. The average molecular weight is 236 g/mol. The van der Waals surface area contributed by atoms with Crippen molar-refractivity contribution in [1.82, 2.24) is 0 Å². The van der Waals surface area contributed by atoms with Crippen LogP contribution >= 0.6 is 0 Å². The van der Waals surface area contributed by atoms with Gasteiger partial charge >= 0.3 is 0 Å². The molecule has 1 aromatic rings. The lowest BCUT2D eigenvalue weighted by atomic mass is 9.95. The molecule has 0 aliphatic rings. The summed E-state index contributed by atoms with van der Waals surface area (Å²) in [6.45, 7) is 7.15. The van der Waals surface area contributed by atoms with Crippen LogP contribution in [0, 0.1) is 22.5 Å². The Morgan fingerprint density at radius 2 is 1.94 bits per heavy atom. The molecule has 0 spiro atoms. The maximum absolute atomic E-state index is 11.8. The van der Waals surface area contributed by atoms with Crippen LogP contribution < -0.4 is 5.32 Å². The van der Waals surface area contributed by atoms with Crippen molar-refractivity contribution in [1.29, 1.82) is 0 Å². The van der Waals surface area contributed by atoms with E-state index in [9.17, 15) is 14.9 Å². The Kier molecular flexibility index (Phi) is 3.50. The summed E-state index contributed by atoms with van der Waals surface area (Å²) in [6.07, 6.45) is 0. The molecular weight excluding hydrogens is 220 g/mol. The molecule has 0 aliphatic heterocycles. The van der Waals surface area contributed by atoms with E-state index in [1.807, 2.05) is 20.8 Å². The molecule has 0 fully saturated rings. The van der Waals surface area contributed by atoms with Gasteiger partial charge in [0.2, 0.25) is 5.91 Å². The first kappa shape index (κ1) is 13.2. The summed E-state index contributed by atoms with van der Waals surface area (Å²) < 4.78 is 0. The van der Waals surface area contributed by atoms with Crippen LogP contribution in [-0.4, -0.2) is 10.8 Å². The van der Waals surface area contributed by atoms with Crippen LogP contribution in [0.4, 0.5) is 11.4 Å². The van der Waals surface area contributed by atoms with Crippen LogP contribution in [-0.2, 0) is 4.79 Å². The first-order chi connectivity index (χ1) is 7.71. The highest BCUT2D eigenvalue weighted by molar-refractivity contribution is 5.95. The van der Waals surface area contributed by atoms with Crippen LogP contribution in [0.25, 0.3) is 0 Å². The lowest BCUT2D eigenvalue weighted by Gasteiger charge is -2.18. The molecule has 5 nitrogen and oxygen atoms in total. The minimum atomic E-state index is -0.492. The number of aryl methyl sites for hydroxylation is 1. The normalized spacial score (nSPS) is 11.1. The maximum atomic E-state index is 11.8. The van der Waals surface area contributed by atoms with Crippen molar-refractivity contribution < 1.29 is 9.72 Å². The van der Waals surface area contributed by atoms with E-state index in [0.717, 1.165) is 0 Å². The Balaban J connectivity index is 2.95. The lowest BCUT2D eigenvalue weighted by Crippen LogP contribution is -2.27. The van der Waals surface area contributed by atoms with Crippen molar-refractivity contribution in [3.05, 3.63) is 33.9 Å². The summed E-state index contributed by atoms with van der Waals surface area (Å²) >= 11 is 0. The molecule has 0 heterocycles. The van der Waals surface area contributed by atoms with Crippen molar-refractivity contribution in [2.45, 2.75) is 27.7 Å². The van der Waals surface area contributed by atoms with Crippen LogP contribution in [0.15, 0.2) is 18.2 Å². The molecule has 0 bridgehead atoms. The molecule has 0 aliphatic carbocycles. The number of nitro benzene ring substituents is 1. The molecule has 0 saturated carbocycles. The third-order valence-electron chi connectivity index (χ3n) is 2.35. The van der Waals surface area contributed by atoms with Gasteiger partial charge in [-0.15, -0.1) is 0 Å². The fourth-order valence-corrected chi connectivity index (χ4v) is 1.21. The zero-order valence-electron chi connectivity index (χ0n) is 10.4. The van der Waals surface area contributed by atoms with Crippen LogP contribution in [0.2, 0.25) is 0 Å². The molecule has 0 saturated heterocycles. The van der Waals surface area contributed by atoms with E-state index in [-0.39, 0.29) is 11.6 Å². The third kappa shape index (κ3) is 3.27. The van der Waals surface area contributed by atoms with Gasteiger partial charge in [-0.1, -0.05) is 20.8 Å². The summed E-state index contributed by atoms with van der Waals surface area (Å²) in [6, 6.07) is 4.38. The zero-order valence-corrected chi connectivity index (χ0v) is 10.4. The van der Waals surface area contributed by atoms with Gasteiger partial charge in [0.1, 0.15) is 0 Å². The van der Waals surface area contributed by atoms with E-state index in [0.29, 0.717) is 11.3 Å². The van der Waals surface area contributed by atoms with Crippen LogP contribution in [0.5, 0.6) is 0 Å². The number of non-ortho nitro benzene ring substituents is 1. The van der Waals surface area contributed by atoms with Crippen molar-refractivity contribution >= 4 is 17.3 Å². The molecule has 5 heteroatoms. The molecular formula is C12H16N2O3. The Morgan fingerprint density at radius 3 is 2.35 bits per heavy atom. The molecule has 0 aromatic heterocycles. The minimum Gasteiger partial charge on any atom is -0.325 e. The number of amides is 1. The number of anilines is 1. The van der Waals surface area contributed by atoms with Gasteiger partial charge in [0.05, 0.1) is 4.92 Å². The topological polar surface area (TPSA) is 72.2 Å². The molecule has 17 heavy (non-hydrogen) atoms. The second kappa shape index (κ2) is 4.53. The van der Waals surface area contributed by atoms with Gasteiger partial charge in [-0.25, -0.2) is 0 Å². The third-order valence-corrected chi connectivity index (χ3v) is 2.35. The highest BCUT2D eigenvalue weighted by Gasteiger charge is 2.22. The SMILES string of the molecule is Cc1cc([N+](=O)[O-])ccc1NC(=O)C(C)(C)C. The quantitative estimate of drug-likeness (QED) is 0.633. The highest BCUT2D eigenvalue weighted by Crippen LogP contribution is 2.23. The summed E-state index contributed by atoms with van der Waals surface area (Å²) in [7, 11) is 0. The number of nitrogens with zero attached hydrogens (tertiary/aromatic N) is 1. The molecule has 92 valence electrons. The summed E-state index contributed by atoms with van der Waals surface area (Å²) in [5.41, 5.74) is 0.817. The average Bonchev–Trinajstić information content (AvgIpc) is 2.19. The fraction of sp³-hybridized carbons (Fsp3) is 0.417. The van der Waals surface area contributed by atoms with Gasteiger partial charge in [0.15, 0.2) is 0 Å². The Labute approximate surface area is 100.0 Å². The second-order valence-corrected chi connectivity index (χ2v) is 4.96. The molecule has 1 amide bonds. The number of rotatable bonds is 2. The first-order valence-electron chi connectivity index (χ1n) is 5.28. The molecule has 0 unspecified atom stereocenters. The van der Waals surface area contributed by atoms with E-state index in [2.05, 4.69) is 5.32 Å². The molecule has 1 rings (SSSR count). The zero-order chi connectivity index (χ0) is 13.2. The Hall–Kier alpha value is -1.91. The predicted molar refractivity (Wildman–Crippen MR) is 65.9 cm³/mol. The Bertz CT molecular complexity index is 461. The predicted octanol–water partition coefficient (Wildman–Crippen LogP) is 2.89. The highest BCUT2D eigenvalue weighted by atomic mass is 16.6. The van der Waals surface area contributed by atoms with Gasteiger partial charge in [-0.2, -0.15) is 0 Å². The number of carbonyl (C=O) groups excluding carboxylic acids is 1. The van der Waals surface area contributed by atoms with Crippen molar-refractivity contribution in [3.63, 3.8) is 0 Å². The van der Waals surface area contributed by atoms with Gasteiger partial charge in [0, 0.05) is 23.2 Å². The molecule has 0 atom stereocenters.